The summed E-state index contributed by atoms with van der Waals surface area (Å²) in [6.07, 6.45) is 13.2. The second-order valence-corrected chi connectivity index (χ2v) is 2.66. The van der Waals surface area contributed by atoms with Crippen molar-refractivity contribution in [3.05, 3.63) is 36.5 Å². The molecule has 0 radical (unpaired) electrons. The summed E-state index contributed by atoms with van der Waals surface area (Å²) in [6.45, 7) is 4.04. The molecule has 0 aromatic carbocycles. The van der Waals surface area contributed by atoms with Gasteiger partial charge in [-0.2, -0.15) is 0 Å². The molecule has 0 bridgehead atoms. The summed E-state index contributed by atoms with van der Waals surface area (Å²) in [7, 11) is 0. The molecule has 1 atom stereocenters. The Balaban J connectivity index is 3.71. The van der Waals surface area contributed by atoms with Crippen molar-refractivity contribution in [1.29, 1.82) is 0 Å². The molecule has 0 saturated heterocycles. The van der Waals surface area contributed by atoms with Crippen LogP contribution in [-0.2, 0) is 4.89 Å². The van der Waals surface area contributed by atoms with Gasteiger partial charge in [-0.05, 0) is 12.8 Å². The molecule has 13 heavy (non-hydrogen) atoms. The lowest BCUT2D eigenvalue weighted by atomic mass is 10.2. The van der Waals surface area contributed by atoms with Gasteiger partial charge in [0, 0.05) is 0 Å². The van der Waals surface area contributed by atoms with Crippen molar-refractivity contribution >= 4 is 0 Å². The van der Waals surface area contributed by atoms with Gasteiger partial charge in [0.1, 0.15) is 6.10 Å². The average molecular weight is 182 g/mol. The van der Waals surface area contributed by atoms with E-state index in [-0.39, 0.29) is 6.10 Å². The lowest BCUT2D eigenvalue weighted by molar-refractivity contribution is -0.266. The molecule has 1 N–H and O–H groups in total. The van der Waals surface area contributed by atoms with E-state index in [0.717, 1.165) is 12.8 Å². The number of rotatable bonds is 6. The van der Waals surface area contributed by atoms with Gasteiger partial charge in [0.2, 0.25) is 0 Å². The standard InChI is InChI=1S/C11H18O2/c1-3-5-6-7-8-9-10-11(4-2)13-12/h5-12H,3-4H2,1-2H3. The van der Waals surface area contributed by atoms with Gasteiger partial charge >= 0.3 is 0 Å². The highest BCUT2D eigenvalue weighted by Gasteiger charge is 1.96. The first-order valence-corrected chi connectivity index (χ1v) is 4.65. The fourth-order valence-electron chi connectivity index (χ4n) is 0.777. The van der Waals surface area contributed by atoms with Crippen molar-refractivity contribution in [2.45, 2.75) is 32.8 Å². The molecule has 2 heteroatoms. The summed E-state index contributed by atoms with van der Waals surface area (Å²) in [5.41, 5.74) is 0. The Bertz CT molecular complexity index is 177. The summed E-state index contributed by atoms with van der Waals surface area (Å²) in [6, 6.07) is 0. The van der Waals surface area contributed by atoms with E-state index >= 15 is 0 Å². The topological polar surface area (TPSA) is 29.5 Å². The highest BCUT2D eigenvalue weighted by Crippen LogP contribution is 1.97. The normalized spacial score (nSPS) is 15.0. The SMILES string of the molecule is CCC=CC=CC=CC(CC)OO. The second kappa shape index (κ2) is 9.23. The van der Waals surface area contributed by atoms with E-state index in [1.807, 2.05) is 37.3 Å². The summed E-state index contributed by atoms with van der Waals surface area (Å²) < 4.78 is 0. The number of hydrogen-bond donors (Lipinski definition) is 1. The lowest BCUT2D eigenvalue weighted by Crippen LogP contribution is -2.03. The minimum absolute atomic E-state index is 0.195. The van der Waals surface area contributed by atoms with Crippen LogP contribution in [0.5, 0.6) is 0 Å². The van der Waals surface area contributed by atoms with E-state index in [4.69, 9.17) is 5.26 Å². The Morgan fingerprint density at radius 2 is 1.85 bits per heavy atom. The van der Waals surface area contributed by atoms with Gasteiger partial charge in [-0.1, -0.05) is 50.3 Å². The van der Waals surface area contributed by atoms with Crippen LogP contribution in [0.15, 0.2) is 36.5 Å². The van der Waals surface area contributed by atoms with Crippen LogP contribution in [0, 0.1) is 0 Å². The van der Waals surface area contributed by atoms with Crippen LogP contribution in [0.1, 0.15) is 26.7 Å². The summed E-state index contributed by atoms with van der Waals surface area (Å²) in [5.74, 6) is 0. The van der Waals surface area contributed by atoms with E-state index in [9.17, 15) is 0 Å². The molecule has 74 valence electrons. The van der Waals surface area contributed by atoms with Gasteiger partial charge in [0.05, 0.1) is 0 Å². The first-order valence-electron chi connectivity index (χ1n) is 4.65. The smallest absolute Gasteiger partial charge is 0.111 e. The van der Waals surface area contributed by atoms with Crippen LogP contribution < -0.4 is 0 Å². The van der Waals surface area contributed by atoms with Gasteiger partial charge in [-0.3, -0.25) is 5.26 Å². The molecule has 0 saturated carbocycles. The Kier molecular flexibility index (Phi) is 8.62. The van der Waals surface area contributed by atoms with Crippen LogP contribution in [0.2, 0.25) is 0 Å². The molecule has 1 unspecified atom stereocenters. The predicted molar refractivity (Wildman–Crippen MR) is 55.5 cm³/mol. The minimum atomic E-state index is -0.195. The van der Waals surface area contributed by atoms with E-state index in [1.54, 1.807) is 0 Å². The molecule has 0 aliphatic heterocycles. The highest BCUT2D eigenvalue weighted by atomic mass is 17.1. The summed E-state index contributed by atoms with van der Waals surface area (Å²) in [5, 5.41) is 8.38. The molecule has 2 nitrogen and oxygen atoms in total. The van der Waals surface area contributed by atoms with E-state index in [2.05, 4.69) is 17.9 Å². The molecule has 0 fully saturated rings. The maximum absolute atomic E-state index is 8.38. The Morgan fingerprint density at radius 1 is 1.15 bits per heavy atom. The van der Waals surface area contributed by atoms with E-state index < -0.39 is 0 Å². The van der Waals surface area contributed by atoms with Crippen molar-refractivity contribution in [1.82, 2.24) is 0 Å². The van der Waals surface area contributed by atoms with Crippen LogP contribution in [0.3, 0.4) is 0 Å². The lowest BCUT2D eigenvalue weighted by Gasteiger charge is -2.02. The molecule has 0 heterocycles. The molecule has 0 amide bonds. The summed E-state index contributed by atoms with van der Waals surface area (Å²) in [4.78, 5) is 4.19. The van der Waals surface area contributed by atoms with Crippen LogP contribution >= 0.6 is 0 Å². The van der Waals surface area contributed by atoms with Crippen molar-refractivity contribution < 1.29 is 10.1 Å². The maximum Gasteiger partial charge on any atom is 0.111 e. The molecular formula is C11H18O2. The van der Waals surface area contributed by atoms with Crippen LogP contribution in [0.4, 0.5) is 0 Å². The molecule has 0 aliphatic rings. The van der Waals surface area contributed by atoms with Gasteiger partial charge in [-0.15, -0.1) is 0 Å². The first kappa shape index (κ1) is 12.1. The van der Waals surface area contributed by atoms with Crippen molar-refractivity contribution in [2.75, 3.05) is 0 Å². The third kappa shape index (κ3) is 7.50. The van der Waals surface area contributed by atoms with E-state index in [1.165, 1.54) is 0 Å². The average Bonchev–Trinajstić information content (AvgIpc) is 2.17. The van der Waals surface area contributed by atoms with Crippen LogP contribution in [0.25, 0.3) is 0 Å². The van der Waals surface area contributed by atoms with Crippen LogP contribution in [-0.4, -0.2) is 11.4 Å². The van der Waals surface area contributed by atoms with Crippen molar-refractivity contribution in [3.63, 3.8) is 0 Å². The zero-order valence-corrected chi connectivity index (χ0v) is 8.31. The molecule has 0 aromatic heterocycles. The Labute approximate surface area is 80.2 Å². The number of allylic oxidation sites excluding steroid dienone is 5. The van der Waals surface area contributed by atoms with Gasteiger partial charge in [0.25, 0.3) is 0 Å². The fourth-order valence-corrected chi connectivity index (χ4v) is 0.777. The third-order valence-electron chi connectivity index (χ3n) is 1.57. The van der Waals surface area contributed by atoms with Gasteiger partial charge in [-0.25, -0.2) is 4.89 Å². The summed E-state index contributed by atoms with van der Waals surface area (Å²) >= 11 is 0. The Morgan fingerprint density at radius 3 is 2.38 bits per heavy atom. The first-order chi connectivity index (χ1) is 6.35. The highest BCUT2D eigenvalue weighted by molar-refractivity contribution is 5.11. The number of hydrogen-bond acceptors (Lipinski definition) is 2. The monoisotopic (exact) mass is 182 g/mol. The van der Waals surface area contributed by atoms with Crippen molar-refractivity contribution in [3.8, 4) is 0 Å². The molecule has 0 aromatic rings. The maximum atomic E-state index is 8.38. The zero-order valence-electron chi connectivity index (χ0n) is 8.31. The van der Waals surface area contributed by atoms with Gasteiger partial charge in [0.15, 0.2) is 0 Å². The van der Waals surface area contributed by atoms with E-state index in [0.29, 0.717) is 0 Å². The van der Waals surface area contributed by atoms with Crippen molar-refractivity contribution in [2.24, 2.45) is 0 Å². The minimum Gasteiger partial charge on any atom is -0.251 e. The molecular weight excluding hydrogens is 164 g/mol. The Hall–Kier alpha value is -0.860. The predicted octanol–water partition coefficient (Wildman–Crippen LogP) is 3.33. The second-order valence-electron chi connectivity index (χ2n) is 2.66. The molecule has 0 spiro atoms. The fraction of sp³-hybridized carbons (Fsp3) is 0.455. The van der Waals surface area contributed by atoms with Gasteiger partial charge < -0.3 is 0 Å². The quantitative estimate of drug-likeness (QED) is 0.388. The third-order valence-corrected chi connectivity index (χ3v) is 1.57. The molecule has 0 aliphatic carbocycles. The molecule has 0 rings (SSSR count). The zero-order chi connectivity index (χ0) is 9.94. The largest absolute Gasteiger partial charge is 0.251 e.